The average Bonchev–Trinajstić information content (AvgIpc) is 2.96. The van der Waals surface area contributed by atoms with E-state index in [9.17, 15) is 19.7 Å². The van der Waals surface area contributed by atoms with Crippen molar-refractivity contribution in [2.75, 3.05) is 19.0 Å². The lowest BCUT2D eigenvalue weighted by atomic mass is 10.1. The lowest BCUT2D eigenvalue weighted by Gasteiger charge is -2.08. The molecule has 10 heteroatoms. The summed E-state index contributed by atoms with van der Waals surface area (Å²) in [6.07, 6.45) is 0.435. The van der Waals surface area contributed by atoms with Gasteiger partial charge in [-0.1, -0.05) is 5.16 Å². The van der Waals surface area contributed by atoms with E-state index in [1.807, 2.05) is 0 Å². The molecule has 1 heterocycles. The Kier molecular flexibility index (Phi) is 6.47. The van der Waals surface area contributed by atoms with Gasteiger partial charge in [-0.2, -0.15) is 0 Å². The van der Waals surface area contributed by atoms with Crippen LogP contribution < -0.4 is 10.1 Å². The number of ether oxygens (including phenoxy) is 2. The Morgan fingerprint density at radius 1 is 1.33 bits per heavy atom. The number of nitro groups is 1. The third kappa shape index (κ3) is 5.27. The molecule has 1 aromatic carbocycles. The molecule has 0 bridgehead atoms. The van der Waals surface area contributed by atoms with Gasteiger partial charge in [0, 0.05) is 12.0 Å². The minimum Gasteiger partial charge on any atom is -0.496 e. The van der Waals surface area contributed by atoms with E-state index in [1.165, 1.54) is 25.3 Å². The molecule has 0 radical (unpaired) electrons. The number of nitrogens with one attached hydrogen (secondary N) is 1. The zero-order valence-corrected chi connectivity index (χ0v) is 15.1. The first-order chi connectivity index (χ1) is 12.8. The van der Waals surface area contributed by atoms with Crippen LogP contribution in [0.5, 0.6) is 5.75 Å². The molecule has 144 valence electrons. The van der Waals surface area contributed by atoms with Crippen LogP contribution in [0.4, 0.5) is 11.4 Å². The second-order valence-corrected chi connectivity index (χ2v) is 5.65. The van der Waals surface area contributed by atoms with Gasteiger partial charge in [-0.15, -0.1) is 0 Å². The lowest BCUT2D eigenvalue weighted by Crippen LogP contribution is -2.21. The van der Waals surface area contributed by atoms with E-state index in [-0.39, 0.29) is 23.5 Å². The molecule has 27 heavy (non-hydrogen) atoms. The van der Waals surface area contributed by atoms with E-state index < -0.39 is 23.4 Å². The van der Waals surface area contributed by atoms with Crippen LogP contribution in [0.1, 0.15) is 23.4 Å². The summed E-state index contributed by atoms with van der Waals surface area (Å²) >= 11 is 0. The maximum Gasteiger partial charge on any atom is 0.306 e. The van der Waals surface area contributed by atoms with Crippen LogP contribution >= 0.6 is 0 Å². The Morgan fingerprint density at radius 3 is 2.67 bits per heavy atom. The highest BCUT2D eigenvalue weighted by Gasteiger charge is 2.18. The minimum absolute atomic E-state index is 0.0161. The molecule has 2 aromatic rings. The third-order valence-electron chi connectivity index (χ3n) is 3.80. The van der Waals surface area contributed by atoms with Crippen LogP contribution in [0, 0.1) is 24.0 Å². The van der Waals surface area contributed by atoms with Crippen molar-refractivity contribution < 1.29 is 28.5 Å². The Labute approximate surface area is 154 Å². The Bertz CT molecular complexity index is 841. The van der Waals surface area contributed by atoms with Crippen molar-refractivity contribution in [2.24, 2.45) is 0 Å². The molecule has 0 unspecified atom stereocenters. The van der Waals surface area contributed by atoms with Gasteiger partial charge in [-0.05, 0) is 32.4 Å². The maximum absolute atomic E-state index is 11.9. The molecule has 0 aliphatic heterocycles. The number of methoxy groups -OCH3 is 1. The molecule has 1 N–H and O–H groups in total. The van der Waals surface area contributed by atoms with E-state index in [0.717, 1.165) is 5.56 Å². The van der Waals surface area contributed by atoms with E-state index in [2.05, 4.69) is 10.5 Å². The second kappa shape index (κ2) is 8.79. The molecule has 0 aliphatic rings. The summed E-state index contributed by atoms with van der Waals surface area (Å²) in [7, 11) is 1.37. The van der Waals surface area contributed by atoms with Gasteiger partial charge in [-0.25, -0.2) is 0 Å². The number of carbonyl (C=O) groups excluding carboxylic acids is 2. The topological polar surface area (TPSA) is 134 Å². The van der Waals surface area contributed by atoms with Gasteiger partial charge in [0.15, 0.2) is 6.61 Å². The van der Waals surface area contributed by atoms with Crippen molar-refractivity contribution in [1.82, 2.24) is 5.16 Å². The highest BCUT2D eigenvalue weighted by atomic mass is 16.6. The van der Waals surface area contributed by atoms with Crippen LogP contribution in [0.3, 0.4) is 0 Å². The quantitative estimate of drug-likeness (QED) is 0.421. The predicted molar refractivity (Wildman–Crippen MR) is 93.5 cm³/mol. The number of rotatable bonds is 8. The Balaban J connectivity index is 1.87. The van der Waals surface area contributed by atoms with Gasteiger partial charge < -0.3 is 19.3 Å². The number of nitrogens with zero attached hydrogens (tertiary/aromatic N) is 2. The molecule has 0 fully saturated rings. The van der Waals surface area contributed by atoms with Gasteiger partial charge >= 0.3 is 5.97 Å². The summed E-state index contributed by atoms with van der Waals surface area (Å²) < 4.78 is 14.8. The van der Waals surface area contributed by atoms with Crippen molar-refractivity contribution in [2.45, 2.75) is 26.7 Å². The fraction of sp³-hybridized carbons (Fsp3) is 0.353. The van der Waals surface area contributed by atoms with Gasteiger partial charge in [0.2, 0.25) is 0 Å². The highest BCUT2D eigenvalue weighted by Crippen LogP contribution is 2.28. The average molecular weight is 377 g/mol. The van der Waals surface area contributed by atoms with Crippen LogP contribution in [0.25, 0.3) is 0 Å². The summed E-state index contributed by atoms with van der Waals surface area (Å²) in [5, 5.41) is 17.2. The summed E-state index contributed by atoms with van der Waals surface area (Å²) in [6.45, 7) is 2.96. The maximum atomic E-state index is 11.9. The number of carbonyl (C=O) groups is 2. The Hall–Kier alpha value is -3.43. The third-order valence-corrected chi connectivity index (χ3v) is 3.80. The largest absolute Gasteiger partial charge is 0.496 e. The Morgan fingerprint density at radius 2 is 2.07 bits per heavy atom. The highest BCUT2D eigenvalue weighted by molar-refractivity contribution is 5.95. The number of hydrogen-bond acceptors (Lipinski definition) is 8. The molecular weight excluding hydrogens is 358 g/mol. The molecule has 10 nitrogen and oxygen atoms in total. The predicted octanol–water partition coefficient (Wildman–Crippen LogP) is 2.32. The van der Waals surface area contributed by atoms with Crippen molar-refractivity contribution >= 4 is 23.3 Å². The van der Waals surface area contributed by atoms with E-state index >= 15 is 0 Å². The monoisotopic (exact) mass is 377 g/mol. The number of aromatic nitrogens is 1. The number of benzene rings is 1. The zero-order valence-electron chi connectivity index (χ0n) is 15.1. The van der Waals surface area contributed by atoms with Gasteiger partial charge in [-0.3, -0.25) is 19.7 Å². The van der Waals surface area contributed by atoms with Crippen LogP contribution in [-0.2, 0) is 20.7 Å². The van der Waals surface area contributed by atoms with Gasteiger partial charge in [0.05, 0.1) is 23.8 Å². The fourth-order valence-electron chi connectivity index (χ4n) is 2.39. The number of anilines is 1. The van der Waals surface area contributed by atoms with Crippen molar-refractivity contribution in [3.8, 4) is 5.75 Å². The molecule has 0 aliphatic carbocycles. The first-order valence-corrected chi connectivity index (χ1v) is 8.01. The molecule has 2 rings (SSSR count). The molecule has 0 spiro atoms. The van der Waals surface area contributed by atoms with Gasteiger partial charge in [0.25, 0.3) is 11.6 Å². The first-order valence-electron chi connectivity index (χ1n) is 8.01. The SMILES string of the molecule is COc1ccc(NC(=O)COC(=O)CCc2c(C)noc2C)c([N+](=O)[O-])c1. The molecule has 0 saturated carbocycles. The summed E-state index contributed by atoms with van der Waals surface area (Å²) in [4.78, 5) is 34.2. The standard InChI is InChI=1S/C17H19N3O7/c1-10-13(11(2)27-19-10)5-7-17(22)26-9-16(21)18-14-6-4-12(25-3)8-15(14)20(23)24/h4,6,8H,5,7,9H2,1-3H3,(H,18,21). The van der Waals surface area contributed by atoms with Crippen LogP contribution in [0.2, 0.25) is 0 Å². The molecule has 1 amide bonds. The van der Waals surface area contributed by atoms with Crippen LogP contribution in [0.15, 0.2) is 22.7 Å². The number of esters is 1. The summed E-state index contributed by atoms with van der Waals surface area (Å²) in [6, 6.07) is 4.00. The number of hydrogen-bond donors (Lipinski definition) is 1. The lowest BCUT2D eigenvalue weighted by molar-refractivity contribution is -0.384. The minimum atomic E-state index is -0.686. The first kappa shape index (κ1) is 19.9. The summed E-state index contributed by atoms with van der Waals surface area (Å²) in [5.74, 6) is -0.348. The van der Waals surface area contributed by atoms with Crippen LogP contribution in [-0.4, -0.2) is 35.7 Å². The van der Waals surface area contributed by atoms with E-state index in [1.54, 1.807) is 13.8 Å². The zero-order chi connectivity index (χ0) is 20.0. The number of aryl methyl sites for hydroxylation is 2. The smallest absolute Gasteiger partial charge is 0.306 e. The molecule has 0 atom stereocenters. The normalized spacial score (nSPS) is 10.3. The van der Waals surface area contributed by atoms with Crippen molar-refractivity contribution in [1.29, 1.82) is 0 Å². The fourth-order valence-corrected chi connectivity index (χ4v) is 2.39. The summed E-state index contributed by atoms with van der Waals surface area (Å²) in [5.41, 5.74) is 1.18. The van der Waals surface area contributed by atoms with E-state index in [0.29, 0.717) is 17.9 Å². The second-order valence-electron chi connectivity index (χ2n) is 5.65. The van der Waals surface area contributed by atoms with E-state index in [4.69, 9.17) is 14.0 Å². The molecular formula is C17H19N3O7. The molecule has 1 aromatic heterocycles. The van der Waals surface area contributed by atoms with Gasteiger partial charge in [0.1, 0.15) is 17.2 Å². The number of amides is 1. The van der Waals surface area contributed by atoms with Crippen molar-refractivity contribution in [3.05, 3.63) is 45.3 Å². The van der Waals surface area contributed by atoms with Crippen molar-refractivity contribution in [3.63, 3.8) is 0 Å². The molecule has 0 saturated heterocycles. The number of nitro benzene ring substituents is 1.